The van der Waals surface area contributed by atoms with Crippen LogP contribution in [0.5, 0.6) is 11.6 Å². The molecule has 0 atom stereocenters. The summed E-state index contributed by atoms with van der Waals surface area (Å²) in [6.07, 6.45) is 3.29. The van der Waals surface area contributed by atoms with Gasteiger partial charge in [0.15, 0.2) is 5.82 Å². The number of anilines is 3. The second kappa shape index (κ2) is 12.3. The van der Waals surface area contributed by atoms with Crippen LogP contribution in [0.4, 0.5) is 22.1 Å². The Hall–Kier alpha value is -3.35. The largest absolute Gasteiger partial charge is 0.489 e. The minimum atomic E-state index is -3.06. The van der Waals surface area contributed by atoms with Crippen LogP contribution in [-0.2, 0) is 14.6 Å². The zero-order valence-corrected chi connectivity index (χ0v) is 23.0. The number of nitrogens with one attached hydrogen (secondary N) is 1. The quantitative estimate of drug-likeness (QED) is 0.480. The molecule has 3 rings (SSSR count). The van der Waals surface area contributed by atoms with Crippen molar-refractivity contribution in [2.75, 3.05) is 56.0 Å². The van der Waals surface area contributed by atoms with Crippen molar-refractivity contribution in [2.45, 2.75) is 45.8 Å². The molecule has 0 bridgehead atoms. The first kappa shape index (κ1) is 28.2. The van der Waals surface area contributed by atoms with Gasteiger partial charge in [-0.3, -0.25) is 0 Å². The monoisotopic (exact) mass is 536 g/mol. The number of sulfone groups is 1. The predicted octanol–water partition coefficient (Wildman–Crippen LogP) is 2.80. The van der Waals surface area contributed by atoms with Gasteiger partial charge in [0.1, 0.15) is 28.1 Å². The number of ether oxygens (including phenoxy) is 3. The third-order valence-electron chi connectivity index (χ3n) is 5.80. The summed E-state index contributed by atoms with van der Waals surface area (Å²) in [6.45, 7) is 6.91. The highest BCUT2D eigenvalue weighted by Gasteiger charge is 2.27. The molecule has 0 aromatic carbocycles. The number of rotatable bonds is 10. The van der Waals surface area contributed by atoms with Crippen molar-refractivity contribution < 1.29 is 27.4 Å². The highest BCUT2D eigenvalue weighted by molar-refractivity contribution is 7.90. The molecule has 0 radical (unpaired) electrons. The second-order valence-corrected chi connectivity index (χ2v) is 11.5. The molecule has 0 aliphatic carbocycles. The number of pyridine rings is 1. The summed E-state index contributed by atoms with van der Waals surface area (Å²) in [5.74, 6) is 1.80. The Labute approximate surface area is 218 Å². The molecule has 1 amide bonds. The maximum absolute atomic E-state index is 12.1. The molecule has 2 aromatic heterocycles. The number of hydrogen-bond acceptors (Lipinski definition) is 11. The summed E-state index contributed by atoms with van der Waals surface area (Å²) in [4.78, 5) is 28.8. The third-order valence-corrected chi connectivity index (χ3v) is 6.73. The van der Waals surface area contributed by atoms with E-state index < -0.39 is 9.84 Å². The molecule has 1 aliphatic rings. The lowest BCUT2D eigenvalue weighted by atomic mass is 10.1. The van der Waals surface area contributed by atoms with E-state index in [9.17, 15) is 13.2 Å². The number of nitrogens with zero attached hydrogens (tertiary/aromatic N) is 5. The maximum Gasteiger partial charge on any atom is 0.410 e. The average Bonchev–Trinajstić information content (AvgIpc) is 2.83. The van der Waals surface area contributed by atoms with Crippen molar-refractivity contribution in [1.82, 2.24) is 19.9 Å². The SMILES string of the molecule is COc1c(Nc2ccc(N(C)CCS(C)(=O)=O)nc2C)ncnc1OC1CCN(C(=O)OC(C)C)CC1. The lowest BCUT2D eigenvalue weighted by molar-refractivity contribution is 0.0500. The van der Waals surface area contributed by atoms with Crippen LogP contribution in [-0.4, -0.2) is 92.4 Å². The van der Waals surface area contributed by atoms with Crippen LogP contribution in [0.25, 0.3) is 0 Å². The minimum Gasteiger partial charge on any atom is -0.489 e. The summed E-state index contributed by atoms with van der Waals surface area (Å²) in [7, 11) is 0.256. The van der Waals surface area contributed by atoms with E-state index in [2.05, 4.69) is 20.3 Å². The number of methoxy groups -OCH3 is 1. The molecule has 3 heterocycles. The molecule has 0 saturated carbocycles. The molecule has 2 aromatic rings. The summed E-state index contributed by atoms with van der Waals surface area (Å²) in [5, 5.41) is 3.23. The number of aryl methyl sites for hydroxylation is 1. The average molecular weight is 537 g/mol. The molecular weight excluding hydrogens is 500 g/mol. The van der Waals surface area contributed by atoms with Gasteiger partial charge in [-0.25, -0.2) is 23.2 Å². The van der Waals surface area contributed by atoms with Gasteiger partial charge < -0.3 is 29.3 Å². The molecule has 13 heteroatoms. The number of carbonyl (C=O) groups excluding carboxylic acids is 1. The van der Waals surface area contributed by atoms with Crippen LogP contribution in [0.15, 0.2) is 18.5 Å². The van der Waals surface area contributed by atoms with Gasteiger partial charge in [-0.15, -0.1) is 0 Å². The van der Waals surface area contributed by atoms with Gasteiger partial charge in [0.05, 0.1) is 30.3 Å². The smallest absolute Gasteiger partial charge is 0.410 e. The van der Waals surface area contributed by atoms with Crippen molar-refractivity contribution in [3.63, 3.8) is 0 Å². The number of aromatic nitrogens is 3. The first-order valence-electron chi connectivity index (χ1n) is 12.1. The lowest BCUT2D eigenvalue weighted by Crippen LogP contribution is -2.42. The summed E-state index contributed by atoms with van der Waals surface area (Å²) in [6, 6.07) is 3.66. The molecule has 0 spiro atoms. The Balaban J connectivity index is 1.67. The van der Waals surface area contributed by atoms with Gasteiger partial charge in [0.2, 0.25) is 5.75 Å². The Morgan fingerprint density at radius 3 is 2.54 bits per heavy atom. The van der Waals surface area contributed by atoms with Gasteiger partial charge in [0, 0.05) is 45.8 Å². The Bertz CT molecular complexity index is 1180. The third kappa shape index (κ3) is 8.07. The number of carbonyl (C=O) groups is 1. The topological polar surface area (TPSA) is 136 Å². The van der Waals surface area contributed by atoms with Gasteiger partial charge in [0.25, 0.3) is 5.88 Å². The highest BCUT2D eigenvalue weighted by atomic mass is 32.2. The Morgan fingerprint density at radius 1 is 1.24 bits per heavy atom. The van der Waals surface area contributed by atoms with E-state index in [1.807, 2.05) is 26.8 Å². The number of piperidine rings is 1. The second-order valence-electron chi connectivity index (χ2n) is 9.28. The number of likely N-dealkylation sites (tertiary alicyclic amines) is 1. The molecule has 0 unspecified atom stereocenters. The molecule has 1 aliphatic heterocycles. The molecule has 1 saturated heterocycles. The minimum absolute atomic E-state index is 0.0478. The molecule has 1 fully saturated rings. The summed E-state index contributed by atoms with van der Waals surface area (Å²) >= 11 is 0. The molecule has 1 N–H and O–H groups in total. The van der Waals surface area contributed by atoms with Crippen LogP contribution in [0.1, 0.15) is 32.4 Å². The lowest BCUT2D eigenvalue weighted by Gasteiger charge is -2.31. The van der Waals surface area contributed by atoms with Crippen molar-refractivity contribution in [1.29, 1.82) is 0 Å². The van der Waals surface area contributed by atoms with Gasteiger partial charge in [-0.05, 0) is 32.9 Å². The fourth-order valence-electron chi connectivity index (χ4n) is 3.74. The zero-order chi connectivity index (χ0) is 27.2. The van der Waals surface area contributed by atoms with Crippen LogP contribution in [0.3, 0.4) is 0 Å². The van der Waals surface area contributed by atoms with E-state index in [1.165, 1.54) is 19.7 Å². The number of amides is 1. The standard InChI is InChI=1S/C24H36N6O6S/c1-16(2)35-24(31)30-11-9-18(10-12-30)36-23-21(34-5)22(25-15-26-23)28-19-7-8-20(27-17(19)3)29(4)13-14-37(6,32)33/h7-8,15-16,18H,9-14H2,1-6H3,(H,25,26,28). The first-order valence-corrected chi connectivity index (χ1v) is 14.2. The number of hydrogen-bond donors (Lipinski definition) is 1. The molecular formula is C24H36N6O6S. The predicted molar refractivity (Wildman–Crippen MR) is 141 cm³/mol. The Morgan fingerprint density at radius 2 is 1.95 bits per heavy atom. The van der Waals surface area contributed by atoms with Crippen LogP contribution >= 0.6 is 0 Å². The summed E-state index contributed by atoms with van der Waals surface area (Å²) < 4.78 is 39.9. The maximum atomic E-state index is 12.1. The van der Waals surface area contributed by atoms with Crippen molar-refractivity contribution in [3.8, 4) is 11.6 Å². The molecule has 12 nitrogen and oxygen atoms in total. The van der Waals surface area contributed by atoms with E-state index >= 15 is 0 Å². The van der Waals surface area contributed by atoms with Gasteiger partial charge in [-0.2, -0.15) is 4.98 Å². The van der Waals surface area contributed by atoms with E-state index in [0.29, 0.717) is 67.1 Å². The molecule has 204 valence electrons. The highest BCUT2D eigenvalue weighted by Crippen LogP contribution is 2.35. The van der Waals surface area contributed by atoms with Crippen molar-refractivity contribution in [2.24, 2.45) is 0 Å². The van der Waals surface area contributed by atoms with E-state index in [0.717, 1.165) is 0 Å². The fraction of sp³-hybridized carbons (Fsp3) is 0.583. The first-order chi connectivity index (χ1) is 17.5. The van der Waals surface area contributed by atoms with Crippen LogP contribution < -0.4 is 19.7 Å². The van der Waals surface area contributed by atoms with Gasteiger partial charge >= 0.3 is 6.09 Å². The van der Waals surface area contributed by atoms with E-state index in [-0.39, 0.29) is 24.1 Å². The van der Waals surface area contributed by atoms with E-state index in [1.54, 1.807) is 22.9 Å². The normalized spacial score (nSPS) is 14.4. The zero-order valence-electron chi connectivity index (χ0n) is 22.2. The van der Waals surface area contributed by atoms with Gasteiger partial charge in [-0.1, -0.05) is 0 Å². The van der Waals surface area contributed by atoms with E-state index in [4.69, 9.17) is 14.2 Å². The van der Waals surface area contributed by atoms with Crippen molar-refractivity contribution >= 4 is 33.3 Å². The van der Waals surface area contributed by atoms with Crippen molar-refractivity contribution in [3.05, 3.63) is 24.2 Å². The van der Waals surface area contributed by atoms with Crippen LogP contribution in [0.2, 0.25) is 0 Å². The summed E-state index contributed by atoms with van der Waals surface area (Å²) in [5.41, 5.74) is 1.41. The fourth-order valence-corrected chi connectivity index (χ4v) is 4.35. The molecule has 37 heavy (non-hydrogen) atoms. The van der Waals surface area contributed by atoms with Crippen LogP contribution in [0, 0.1) is 6.92 Å². The Kier molecular flexibility index (Phi) is 9.35.